The minimum absolute atomic E-state index is 0.0592. The molecule has 9 heteroatoms. The molecule has 0 saturated heterocycles. The molecule has 0 aliphatic carbocycles. The van der Waals surface area contributed by atoms with Gasteiger partial charge in [-0.3, -0.25) is 9.52 Å². The summed E-state index contributed by atoms with van der Waals surface area (Å²) < 4.78 is 44.6. The molecule has 0 fully saturated rings. The lowest BCUT2D eigenvalue weighted by atomic mass is 9.93. The summed E-state index contributed by atoms with van der Waals surface area (Å²) in [6.45, 7) is 3.84. The fourth-order valence-electron chi connectivity index (χ4n) is 3.05. The molecular weight excluding hydrogens is 396 g/mol. The number of nitrogens with one attached hydrogen (secondary N) is 1. The Bertz CT molecular complexity index is 1050. The van der Waals surface area contributed by atoms with Gasteiger partial charge in [0.05, 0.1) is 31.0 Å². The number of amides is 1. The molecule has 156 valence electrons. The highest BCUT2D eigenvalue weighted by atomic mass is 32.2. The molecule has 1 heterocycles. The number of sulfonamides is 1. The maximum absolute atomic E-state index is 13.0. The van der Waals surface area contributed by atoms with E-state index in [0.29, 0.717) is 17.2 Å². The van der Waals surface area contributed by atoms with Crippen molar-refractivity contribution in [3.8, 4) is 17.2 Å². The van der Waals surface area contributed by atoms with Gasteiger partial charge in [0.1, 0.15) is 28.8 Å². The standard InChI is InChI=1S/C20H24N2O6S/c1-20(2)12-28-16-8-6-13(10-15(16)22(3)19(20)23)21-29(24,25)18-11-14(26-4)7-9-17(18)27-5/h6-11,21H,12H2,1-5H3. The fourth-order valence-corrected chi connectivity index (χ4v) is 4.29. The molecule has 3 rings (SSSR count). The van der Waals surface area contributed by atoms with Gasteiger partial charge in [-0.25, -0.2) is 8.42 Å². The number of hydrogen-bond acceptors (Lipinski definition) is 6. The molecule has 1 N–H and O–H groups in total. The summed E-state index contributed by atoms with van der Waals surface area (Å²) in [5.41, 5.74) is 0.0801. The van der Waals surface area contributed by atoms with Gasteiger partial charge in [-0.1, -0.05) is 0 Å². The van der Waals surface area contributed by atoms with Crippen molar-refractivity contribution in [3.05, 3.63) is 36.4 Å². The van der Waals surface area contributed by atoms with Gasteiger partial charge < -0.3 is 19.1 Å². The second-order valence-electron chi connectivity index (χ2n) is 7.34. The summed E-state index contributed by atoms with van der Waals surface area (Å²) in [6.07, 6.45) is 0. The predicted molar refractivity (Wildman–Crippen MR) is 109 cm³/mol. The van der Waals surface area contributed by atoms with Crippen LogP contribution in [0.4, 0.5) is 11.4 Å². The fraction of sp³-hybridized carbons (Fsp3) is 0.350. The maximum Gasteiger partial charge on any atom is 0.265 e. The molecule has 0 aromatic heterocycles. The molecule has 0 spiro atoms. The van der Waals surface area contributed by atoms with Crippen LogP contribution in [0.2, 0.25) is 0 Å². The first-order chi connectivity index (χ1) is 13.6. The third-order valence-corrected chi connectivity index (χ3v) is 6.11. The van der Waals surface area contributed by atoms with Crippen molar-refractivity contribution in [1.82, 2.24) is 0 Å². The topological polar surface area (TPSA) is 94.2 Å². The van der Waals surface area contributed by atoms with Crippen LogP contribution in [0.1, 0.15) is 13.8 Å². The molecule has 1 aliphatic rings. The van der Waals surface area contributed by atoms with Crippen molar-refractivity contribution >= 4 is 27.3 Å². The summed E-state index contributed by atoms with van der Waals surface area (Å²) in [4.78, 5) is 14.1. The smallest absolute Gasteiger partial charge is 0.265 e. The van der Waals surface area contributed by atoms with Crippen LogP contribution in [0.3, 0.4) is 0 Å². The van der Waals surface area contributed by atoms with Crippen molar-refractivity contribution in [2.75, 3.05) is 37.5 Å². The van der Waals surface area contributed by atoms with Gasteiger partial charge in [0.2, 0.25) is 5.91 Å². The molecule has 0 radical (unpaired) electrons. The Balaban J connectivity index is 1.98. The number of hydrogen-bond donors (Lipinski definition) is 1. The van der Waals surface area contributed by atoms with Crippen LogP contribution in [-0.4, -0.2) is 42.2 Å². The number of ether oxygens (including phenoxy) is 3. The van der Waals surface area contributed by atoms with Gasteiger partial charge in [-0.15, -0.1) is 0 Å². The predicted octanol–water partition coefficient (Wildman–Crippen LogP) is 2.89. The van der Waals surface area contributed by atoms with Crippen LogP contribution in [0.5, 0.6) is 17.2 Å². The molecule has 0 unspecified atom stereocenters. The summed E-state index contributed by atoms with van der Waals surface area (Å²) in [6, 6.07) is 9.30. The zero-order valence-electron chi connectivity index (χ0n) is 17.0. The summed E-state index contributed by atoms with van der Waals surface area (Å²) in [5.74, 6) is 0.957. The molecule has 1 amide bonds. The second kappa shape index (κ2) is 7.47. The minimum Gasteiger partial charge on any atom is -0.497 e. The minimum atomic E-state index is -3.98. The highest BCUT2D eigenvalue weighted by molar-refractivity contribution is 7.92. The van der Waals surface area contributed by atoms with E-state index in [1.54, 1.807) is 45.2 Å². The van der Waals surface area contributed by atoms with E-state index in [0.717, 1.165) is 0 Å². The SMILES string of the molecule is COc1ccc(OC)c(S(=O)(=O)Nc2ccc3c(c2)N(C)C(=O)C(C)(C)CO3)c1. The van der Waals surface area contributed by atoms with Gasteiger partial charge in [0.25, 0.3) is 10.0 Å². The maximum atomic E-state index is 13.0. The van der Waals surface area contributed by atoms with Gasteiger partial charge in [0, 0.05) is 13.1 Å². The van der Waals surface area contributed by atoms with E-state index >= 15 is 0 Å². The Morgan fingerprint density at radius 2 is 1.83 bits per heavy atom. The first-order valence-corrected chi connectivity index (χ1v) is 10.4. The van der Waals surface area contributed by atoms with Crippen molar-refractivity contribution in [1.29, 1.82) is 0 Å². The van der Waals surface area contributed by atoms with Gasteiger partial charge in [0.15, 0.2) is 0 Å². The first-order valence-electron chi connectivity index (χ1n) is 8.89. The number of fused-ring (bicyclic) bond motifs is 1. The molecule has 0 saturated carbocycles. The molecule has 2 aromatic rings. The van der Waals surface area contributed by atoms with E-state index < -0.39 is 15.4 Å². The number of anilines is 2. The Labute approximate surface area is 170 Å². The molecular formula is C20H24N2O6S. The Kier molecular flexibility index (Phi) is 5.36. The Morgan fingerprint density at radius 3 is 2.48 bits per heavy atom. The van der Waals surface area contributed by atoms with Gasteiger partial charge in [-0.05, 0) is 44.2 Å². The third-order valence-electron chi connectivity index (χ3n) is 4.70. The van der Waals surface area contributed by atoms with Crippen LogP contribution in [-0.2, 0) is 14.8 Å². The van der Waals surface area contributed by atoms with Crippen LogP contribution in [0.25, 0.3) is 0 Å². The number of nitrogens with zero attached hydrogens (tertiary/aromatic N) is 1. The Morgan fingerprint density at radius 1 is 1.10 bits per heavy atom. The zero-order valence-corrected chi connectivity index (χ0v) is 17.8. The van der Waals surface area contributed by atoms with Gasteiger partial charge >= 0.3 is 0 Å². The van der Waals surface area contributed by atoms with E-state index in [1.807, 2.05) is 0 Å². The van der Waals surface area contributed by atoms with Crippen molar-refractivity contribution < 1.29 is 27.4 Å². The normalized spacial score (nSPS) is 15.8. The summed E-state index contributed by atoms with van der Waals surface area (Å²) in [7, 11) is 0.505. The van der Waals surface area contributed by atoms with E-state index in [1.165, 1.54) is 31.3 Å². The zero-order chi connectivity index (χ0) is 21.4. The number of rotatable bonds is 5. The highest BCUT2D eigenvalue weighted by Gasteiger charge is 2.36. The second-order valence-corrected chi connectivity index (χ2v) is 8.99. The van der Waals surface area contributed by atoms with Gasteiger partial charge in [-0.2, -0.15) is 0 Å². The molecule has 29 heavy (non-hydrogen) atoms. The average molecular weight is 420 g/mol. The number of methoxy groups -OCH3 is 2. The molecule has 0 atom stereocenters. The highest BCUT2D eigenvalue weighted by Crippen LogP contribution is 2.38. The molecule has 1 aliphatic heterocycles. The quantitative estimate of drug-likeness (QED) is 0.799. The van der Waals surface area contributed by atoms with Crippen molar-refractivity contribution in [3.63, 3.8) is 0 Å². The van der Waals surface area contributed by atoms with E-state index in [-0.39, 0.29) is 28.8 Å². The third kappa shape index (κ3) is 3.95. The lowest BCUT2D eigenvalue weighted by Crippen LogP contribution is -2.39. The first kappa shape index (κ1) is 20.8. The molecule has 2 aromatic carbocycles. The van der Waals surface area contributed by atoms with Crippen molar-refractivity contribution in [2.24, 2.45) is 5.41 Å². The van der Waals surface area contributed by atoms with Crippen LogP contribution < -0.4 is 23.8 Å². The summed E-state index contributed by atoms with van der Waals surface area (Å²) >= 11 is 0. The monoisotopic (exact) mass is 420 g/mol. The lowest BCUT2D eigenvalue weighted by molar-refractivity contribution is -0.127. The number of carbonyl (C=O) groups excluding carboxylic acids is 1. The van der Waals surface area contributed by atoms with Crippen LogP contribution in [0.15, 0.2) is 41.3 Å². The van der Waals surface area contributed by atoms with E-state index in [9.17, 15) is 13.2 Å². The largest absolute Gasteiger partial charge is 0.497 e. The lowest BCUT2D eigenvalue weighted by Gasteiger charge is -2.24. The van der Waals surface area contributed by atoms with Crippen LogP contribution >= 0.6 is 0 Å². The average Bonchev–Trinajstić information content (AvgIpc) is 2.78. The Hall–Kier alpha value is -2.94. The van der Waals surface area contributed by atoms with Crippen LogP contribution in [0, 0.1) is 5.41 Å². The molecule has 0 bridgehead atoms. The van der Waals surface area contributed by atoms with E-state index in [4.69, 9.17) is 14.2 Å². The number of carbonyl (C=O) groups is 1. The van der Waals surface area contributed by atoms with E-state index in [2.05, 4.69) is 4.72 Å². The molecule has 8 nitrogen and oxygen atoms in total. The summed E-state index contributed by atoms with van der Waals surface area (Å²) in [5, 5.41) is 0. The van der Waals surface area contributed by atoms with Crippen molar-refractivity contribution in [2.45, 2.75) is 18.7 Å². The number of benzene rings is 2.